The van der Waals surface area contributed by atoms with Gasteiger partial charge in [0.2, 0.25) is 29.5 Å². The van der Waals surface area contributed by atoms with Crippen LogP contribution in [0.25, 0.3) is 0 Å². The van der Waals surface area contributed by atoms with Crippen molar-refractivity contribution >= 4 is 76.6 Å². The molecule has 74 heavy (non-hydrogen) atoms. The molecule has 18 nitrogen and oxygen atoms in total. The predicted molar refractivity (Wildman–Crippen MR) is 293 cm³/mol. The van der Waals surface area contributed by atoms with Crippen molar-refractivity contribution in [2.75, 3.05) is 30.6 Å². The van der Waals surface area contributed by atoms with Gasteiger partial charge in [-0.2, -0.15) is 23.5 Å². The van der Waals surface area contributed by atoms with Crippen LogP contribution < -0.4 is 42.5 Å². The Morgan fingerprint density at radius 3 is 1.55 bits per heavy atom. The van der Waals surface area contributed by atoms with E-state index in [-0.39, 0.29) is 42.6 Å². The molecule has 0 saturated carbocycles. The van der Waals surface area contributed by atoms with Crippen LogP contribution in [0.5, 0.6) is 0 Å². The van der Waals surface area contributed by atoms with E-state index in [0.717, 1.165) is 5.56 Å². The van der Waals surface area contributed by atoms with Gasteiger partial charge >= 0.3 is 5.97 Å². The Hall–Kier alpha value is -5.73. The van der Waals surface area contributed by atoms with Crippen molar-refractivity contribution in [3.8, 4) is 0 Å². The van der Waals surface area contributed by atoms with Crippen LogP contribution in [-0.4, -0.2) is 125 Å². The molecule has 0 aliphatic rings. The van der Waals surface area contributed by atoms with Gasteiger partial charge in [-0.05, 0) is 123 Å². The molecule has 0 heterocycles. The van der Waals surface area contributed by atoms with Crippen molar-refractivity contribution in [2.45, 2.75) is 156 Å². The molecule has 20 heteroatoms. The van der Waals surface area contributed by atoms with E-state index in [1.54, 1.807) is 45.0 Å². The van der Waals surface area contributed by atoms with E-state index in [1.807, 2.05) is 52.3 Å². The zero-order chi connectivity index (χ0) is 55.3. The number of hydrogen-bond acceptors (Lipinski definition) is 12. The van der Waals surface area contributed by atoms with Crippen molar-refractivity contribution in [1.82, 2.24) is 42.5 Å². The molecule has 0 saturated heterocycles. The Kier molecular flexibility index (Phi) is 30.2. The quantitative estimate of drug-likeness (QED) is 0.0320. The first kappa shape index (κ1) is 64.4. The summed E-state index contributed by atoms with van der Waals surface area (Å²) in [5.41, 5.74) is 2.64. The summed E-state index contributed by atoms with van der Waals surface area (Å²) in [6.07, 6.45) is 7.23. The zero-order valence-electron chi connectivity index (χ0n) is 44.8. The lowest BCUT2D eigenvalue weighted by Gasteiger charge is -2.26. The number of carboxylic acid groups (broad SMARTS) is 1. The van der Waals surface area contributed by atoms with Crippen LogP contribution in [0.1, 0.15) is 138 Å². The highest BCUT2D eigenvalue weighted by Crippen LogP contribution is 2.13. The molecule has 0 aliphatic carbocycles. The van der Waals surface area contributed by atoms with Gasteiger partial charge < -0.3 is 47.6 Å². The van der Waals surface area contributed by atoms with E-state index in [4.69, 9.17) is 0 Å². The maximum atomic E-state index is 13.7. The van der Waals surface area contributed by atoms with Crippen LogP contribution in [0.3, 0.4) is 0 Å². The van der Waals surface area contributed by atoms with E-state index in [9.17, 15) is 48.3 Å². The summed E-state index contributed by atoms with van der Waals surface area (Å²) in [4.78, 5) is 117. The van der Waals surface area contributed by atoms with Crippen molar-refractivity contribution < 1.29 is 48.3 Å². The maximum absolute atomic E-state index is 13.7. The molecule has 0 aromatic heterocycles. The third-order valence-electron chi connectivity index (χ3n) is 11.9. The molecule has 0 aliphatic heterocycles. The van der Waals surface area contributed by atoms with Crippen molar-refractivity contribution in [2.24, 2.45) is 11.8 Å². The van der Waals surface area contributed by atoms with Gasteiger partial charge in [0.05, 0.1) is 0 Å². The maximum Gasteiger partial charge on any atom is 0.326 e. The van der Waals surface area contributed by atoms with Gasteiger partial charge in [-0.1, -0.05) is 72.4 Å². The topological polar surface area (TPSA) is 270 Å². The van der Waals surface area contributed by atoms with E-state index < -0.39 is 77.5 Å². The fourth-order valence-electron chi connectivity index (χ4n) is 7.28. The molecule has 2 aromatic rings. The van der Waals surface area contributed by atoms with Gasteiger partial charge in [0.15, 0.2) is 0 Å². The van der Waals surface area contributed by atoms with Crippen molar-refractivity contribution in [1.29, 1.82) is 0 Å². The molecule has 410 valence electrons. The Balaban J connectivity index is 2.00. The average Bonchev–Trinajstić information content (AvgIpc) is 3.36. The lowest BCUT2D eigenvalue weighted by molar-refractivity contribution is -0.142. The van der Waals surface area contributed by atoms with E-state index in [0.29, 0.717) is 92.3 Å². The molecule has 7 amide bonds. The summed E-state index contributed by atoms with van der Waals surface area (Å²) in [5, 5.41) is 32.5. The van der Waals surface area contributed by atoms with Gasteiger partial charge in [-0.15, -0.1) is 0 Å². The number of Topliss-reactive ketones (excluding diaryl/α,β-unsaturated/α-hetero) is 1. The van der Waals surface area contributed by atoms with E-state index in [2.05, 4.69) is 49.1 Å². The summed E-state index contributed by atoms with van der Waals surface area (Å²) in [7, 11) is 0. The van der Waals surface area contributed by atoms with Crippen LogP contribution in [0.15, 0.2) is 60.7 Å². The molecule has 0 unspecified atom stereocenters. The fourth-order valence-corrected chi connectivity index (χ4v) is 8.22. The number of rotatable bonds is 36. The zero-order valence-corrected chi connectivity index (χ0v) is 46.4. The van der Waals surface area contributed by atoms with Crippen molar-refractivity contribution in [3.63, 3.8) is 0 Å². The van der Waals surface area contributed by atoms with E-state index in [1.165, 1.54) is 35.7 Å². The average molecular weight is 1070 g/mol. The number of carbonyl (C=O) groups is 9. The number of hydrogen-bond donors (Lipinski definition) is 9. The number of carbonyl (C=O) groups excluding carboxylic acids is 8. The Morgan fingerprint density at radius 1 is 0.568 bits per heavy atom. The monoisotopic (exact) mass is 1070 g/mol. The third-order valence-corrected chi connectivity index (χ3v) is 13.2. The fraction of sp³-hybridized carbons (Fsp3) is 0.574. The minimum absolute atomic E-state index is 0.0299. The van der Waals surface area contributed by atoms with Crippen LogP contribution in [-0.2, 0) is 46.7 Å². The molecule has 2 rings (SSSR count). The van der Waals surface area contributed by atoms with Crippen LogP contribution in [0.4, 0.5) is 0 Å². The molecule has 2 aromatic carbocycles. The highest BCUT2D eigenvalue weighted by Gasteiger charge is 2.32. The number of benzene rings is 2. The number of carboxylic acids is 1. The van der Waals surface area contributed by atoms with E-state index >= 15 is 0 Å². The lowest BCUT2D eigenvalue weighted by atomic mass is 10.0. The van der Waals surface area contributed by atoms with Gasteiger partial charge in [0, 0.05) is 55.6 Å². The standard InChI is InChI=1S/C54H82N8O10S2/c1-33(2)44(63)16-11-12-17-45(64)55-28-14-13-15-43(54(71)72)60-53(70)47(35(5)6)62-51(68)42(27-30-74-10)59-49(66)40-24-20-38(21-25-40)32-57-52(69)46(34(3)4)61-50(67)41(26-29-73-9)58-48(65)39-22-18-37(19-23-39)31-56-36(7)8/h18-25,33,35-36,41-43,46-47,56H,3,11-17,26-32H2,1-2,4-10H3,(H,55,64)(H,57,69)(H,58,65)(H,59,66)(H,60,70)(H,61,67)(H,62,68)(H,71,72)/t41-,42-,43-,46-,47-/m0/s1. The second kappa shape index (κ2) is 34.7. The molecule has 0 bridgehead atoms. The lowest BCUT2D eigenvalue weighted by Crippen LogP contribution is -2.57. The number of nitrogens with one attached hydrogen (secondary N) is 8. The summed E-state index contributed by atoms with van der Waals surface area (Å²) < 4.78 is 0. The molecular formula is C54H82N8O10S2. The smallest absolute Gasteiger partial charge is 0.326 e. The highest BCUT2D eigenvalue weighted by molar-refractivity contribution is 7.98. The molecular weight excluding hydrogens is 985 g/mol. The SMILES string of the molecule is C=C(C)[C@H](NC(=O)[C@H](CCSC)NC(=O)c1ccc(CNC(C)C)cc1)C(=O)NCc1ccc(C(=O)N[C@@H](CCSC)C(=O)N[C@H](C(=O)N[C@@H](CCCCNC(=O)CCCCC(=O)C(C)C)C(=O)O)C(C)C)cc1. The highest BCUT2D eigenvalue weighted by atomic mass is 32.2. The first-order valence-corrected chi connectivity index (χ1v) is 28.2. The first-order valence-electron chi connectivity index (χ1n) is 25.5. The number of unbranched alkanes of at least 4 members (excludes halogenated alkanes) is 2. The van der Waals surface area contributed by atoms with Crippen LogP contribution >= 0.6 is 23.5 Å². The van der Waals surface area contributed by atoms with Crippen molar-refractivity contribution in [3.05, 3.63) is 82.9 Å². The second-order valence-electron chi connectivity index (χ2n) is 19.4. The second-order valence-corrected chi connectivity index (χ2v) is 21.3. The first-order chi connectivity index (χ1) is 35.1. The Morgan fingerprint density at radius 2 is 1.08 bits per heavy atom. The van der Waals surface area contributed by atoms with Gasteiger partial charge in [0.1, 0.15) is 36.0 Å². The Labute approximate surface area is 446 Å². The number of aliphatic carboxylic acids is 1. The molecule has 5 atom stereocenters. The van der Waals surface area contributed by atoms with Gasteiger partial charge in [0.25, 0.3) is 11.8 Å². The van der Waals surface area contributed by atoms with Crippen LogP contribution in [0, 0.1) is 11.8 Å². The minimum Gasteiger partial charge on any atom is -0.480 e. The third kappa shape index (κ3) is 24.5. The number of ketones is 1. The van der Waals surface area contributed by atoms with Gasteiger partial charge in [-0.25, -0.2) is 4.79 Å². The summed E-state index contributed by atoms with van der Waals surface area (Å²) in [6.45, 7) is 17.8. The number of thioether (sulfide) groups is 2. The predicted octanol–water partition coefficient (Wildman–Crippen LogP) is 5.05. The summed E-state index contributed by atoms with van der Waals surface area (Å²) >= 11 is 2.98. The van der Waals surface area contributed by atoms with Gasteiger partial charge in [-0.3, -0.25) is 38.4 Å². The molecule has 0 fully saturated rings. The summed E-state index contributed by atoms with van der Waals surface area (Å²) in [5.74, 6) is -3.96. The summed E-state index contributed by atoms with van der Waals surface area (Å²) in [6, 6.07) is 8.36. The minimum atomic E-state index is -1.24. The largest absolute Gasteiger partial charge is 0.480 e. The normalized spacial score (nSPS) is 13.2. The molecule has 9 N–H and O–H groups in total. The van der Waals surface area contributed by atoms with Crippen LogP contribution in [0.2, 0.25) is 0 Å². The molecule has 0 radical (unpaired) electrons. The molecule has 0 spiro atoms. The Bertz CT molecular complexity index is 2170. The number of amides is 7.